The van der Waals surface area contributed by atoms with Crippen LogP contribution < -0.4 is 4.74 Å². The van der Waals surface area contributed by atoms with Crippen LogP contribution in [0, 0.1) is 0 Å². The van der Waals surface area contributed by atoms with Gasteiger partial charge in [0.25, 0.3) is 0 Å². The van der Waals surface area contributed by atoms with Crippen molar-refractivity contribution in [3.05, 3.63) is 54.4 Å². The molecular formula is C20H25N3O3. The number of para-hydroxylation sites is 1. The Bertz CT molecular complexity index is 757. The maximum Gasteiger partial charge on any atom is 0.246 e. The predicted molar refractivity (Wildman–Crippen MR) is 99.5 cm³/mol. The number of rotatable bonds is 5. The standard InChI is InChI=1S/C20H25N3O3/c1-22-14-15(13-21-22)11-12-19(24)23(2)17-9-6-10-18(20(17)25)26-16-7-4-3-5-8-16/h3-5,7-8,11-14,17-18,20,25H,6,9-10H2,1-2H3/t17-,18-,20-/m1/s1. The first-order valence-electron chi connectivity index (χ1n) is 8.88. The fourth-order valence-corrected chi connectivity index (χ4v) is 3.32. The first kappa shape index (κ1) is 18.2. The molecular weight excluding hydrogens is 330 g/mol. The van der Waals surface area contributed by atoms with Crippen LogP contribution in [-0.4, -0.2) is 51.0 Å². The molecule has 3 rings (SSSR count). The van der Waals surface area contributed by atoms with Crippen LogP contribution in [0.25, 0.3) is 6.08 Å². The van der Waals surface area contributed by atoms with Gasteiger partial charge in [-0.2, -0.15) is 5.10 Å². The van der Waals surface area contributed by atoms with Crippen molar-refractivity contribution in [3.8, 4) is 5.75 Å². The summed E-state index contributed by atoms with van der Waals surface area (Å²) in [5, 5.41) is 14.8. The van der Waals surface area contributed by atoms with Crippen LogP contribution in [0.4, 0.5) is 0 Å². The van der Waals surface area contributed by atoms with Crippen molar-refractivity contribution >= 4 is 12.0 Å². The van der Waals surface area contributed by atoms with Gasteiger partial charge in [0.2, 0.25) is 5.91 Å². The number of hydrogen-bond donors (Lipinski definition) is 1. The SMILES string of the molecule is CN(C(=O)C=Cc1cnn(C)c1)[C@@H]1CCC[C@@H](Oc2ccccc2)[C@@H]1O. The van der Waals surface area contributed by atoms with Crippen molar-refractivity contribution in [3.63, 3.8) is 0 Å². The lowest BCUT2D eigenvalue weighted by atomic mass is 9.89. The van der Waals surface area contributed by atoms with E-state index in [2.05, 4.69) is 5.10 Å². The Kier molecular flexibility index (Phi) is 5.73. The molecule has 1 N–H and O–H groups in total. The first-order valence-corrected chi connectivity index (χ1v) is 8.88. The quantitative estimate of drug-likeness (QED) is 0.836. The maximum absolute atomic E-state index is 12.5. The zero-order chi connectivity index (χ0) is 18.5. The molecule has 0 saturated heterocycles. The predicted octanol–water partition coefficient (Wildman–Crippen LogP) is 2.25. The highest BCUT2D eigenvalue weighted by Crippen LogP contribution is 2.27. The Morgan fingerprint density at radius 3 is 2.81 bits per heavy atom. The fraction of sp³-hybridized carbons (Fsp3) is 0.400. The number of nitrogens with zero attached hydrogens (tertiary/aromatic N) is 3. The van der Waals surface area contributed by atoms with E-state index < -0.39 is 6.10 Å². The van der Waals surface area contributed by atoms with Gasteiger partial charge in [0.1, 0.15) is 18.0 Å². The van der Waals surface area contributed by atoms with Crippen molar-refractivity contribution < 1.29 is 14.6 Å². The van der Waals surface area contributed by atoms with Gasteiger partial charge in [0, 0.05) is 31.9 Å². The summed E-state index contributed by atoms with van der Waals surface area (Å²) in [5.74, 6) is 0.598. The Hall–Kier alpha value is -2.60. The molecule has 26 heavy (non-hydrogen) atoms. The number of aryl methyl sites for hydroxylation is 1. The lowest BCUT2D eigenvalue weighted by Crippen LogP contribution is -2.53. The molecule has 1 heterocycles. The second kappa shape index (κ2) is 8.19. The molecule has 0 spiro atoms. The van der Waals surface area contributed by atoms with Crippen molar-refractivity contribution in [2.45, 2.75) is 37.5 Å². The molecule has 1 aromatic carbocycles. The Morgan fingerprint density at radius 1 is 1.35 bits per heavy atom. The van der Waals surface area contributed by atoms with Crippen molar-refractivity contribution in [2.75, 3.05) is 7.05 Å². The van der Waals surface area contributed by atoms with Gasteiger partial charge in [-0.25, -0.2) is 0 Å². The van der Waals surface area contributed by atoms with Crippen LogP contribution in [0.3, 0.4) is 0 Å². The summed E-state index contributed by atoms with van der Waals surface area (Å²) in [6, 6.07) is 9.22. The third-order valence-electron chi connectivity index (χ3n) is 4.78. The van der Waals surface area contributed by atoms with Crippen molar-refractivity contribution in [1.82, 2.24) is 14.7 Å². The third-order valence-corrected chi connectivity index (χ3v) is 4.78. The average molecular weight is 355 g/mol. The lowest BCUT2D eigenvalue weighted by Gasteiger charge is -2.39. The number of aliphatic hydroxyl groups excluding tert-OH is 1. The van der Waals surface area contributed by atoms with E-state index in [9.17, 15) is 9.90 Å². The molecule has 1 amide bonds. The summed E-state index contributed by atoms with van der Waals surface area (Å²) in [6.07, 6.45) is 8.21. The summed E-state index contributed by atoms with van der Waals surface area (Å²) >= 11 is 0. The fourth-order valence-electron chi connectivity index (χ4n) is 3.32. The number of aromatic nitrogens is 2. The minimum Gasteiger partial charge on any atom is -0.488 e. The van der Waals surface area contributed by atoms with Crippen LogP contribution in [0.15, 0.2) is 48.8 Å². The monoisotopic (exact) mass is 355 g/mol. The second-order valence-corrected chi connectivity index (χ2v) is 6.69. The van der Waals surface area contributed by atoms with Gasteiger partial charge in [0.05, 0.1) is 12.2 Å². The summed E-state index contributed by atoms with van der Waals surface area (Å²) in [4.78, 5) is 14.1. The molecule has 1 aliphatic rings. The van der Waals surface area contributed by atoms with Gasteiger partial charge in [-0.05, 0) is 37.5 Å². The molecule has 0 bridgehead atoms. The van der Waals surface area contributed by atoms with E-state index in [1.54, 1.807) is 28.9 Å². The highest BCUT2D eigenvalue weighted by atomic mass is 16.5. The Morgan fingerprint density at radius 2 is 2.12 bits per heavy atom. The Balaban J connectivity index is 1.63. The molecule has 0 unspecified atom stereocenters. The lowest BCUT2D eigenvalue weighted by molar-refractivity contribution is -0.132. The van der Waals surface area contributed by atoms with E-state index in [-0.39, 0.29) is 18.1 Å². The number of aliphatic hydroxyl groups is 1. The number of ether oxygens (including phenoxy) is 1. The minimum atomic E-state index is -0.718. The molecule has 1 aliphatic carbocycles. The molecule has 138 valence electrons. The summed E-state index contributed by atoms with van der Waals surface area (Å²) in [6.45, 7) is 0. The number of amides is 1. The maximum atomic E-state index is 12.5. The van der Waals surface area contributed by atoms with E-state index in [0.29, 0.717) is 0 Å². The highest BCUT2D eigenvalue weighted by molar-refractivity contribution is 5.91. The average Bonchev–Trinajstić information content (AvgIpc) is 3.07. The molecule has 0 radical (unpaired) electrons. The zero-order valence-corrected chi connectivity index (χ0v) is 15.2. The van der Waals surface area contributed by atoms with Gasteiger partial charge >= 0.3 is 0 Å². The molecule has 6 nitrogen and oxygen atoms in total. The van der Waals surface area contributed by atoms with Gasteiger partial charge in [-0.3, -0.25) is 9.48 Å². The number of hydrogen-bond acceptors (Lipinski definition) is 4. The highest BCUT2D eigenvalue weighted by Gasteiger charge is 2.36. The zero-order valence-electron chi connectivity index (χ0n) is 15.2. The number of carbonyl (C=O) groups excluding carboxylic acids is 1. The smallest absolute Gasteiger partial charge is 0.246 e. The molecule has 6 heteroatoms. The summed E-state index contributed by atoms with van der Waals surface area (Å²) < 4.78 is 7.63. The minimum absolute atomic E-state index is 0.140. The molecule has 1 saturated carbocycles. The molecule has 0 aliphatic heterocycles. The van der Waals surface area contributed by atoms with E-state index >= 15 is 0 Å². The molecule has 1 fully saturated rings. The van der Waals surface area contributed by atoms with Gasteiger partial charge < -0.3 is 14.7 Å². The number of benzene rings is 1. The molecule has 1 aromatic heterocycles. The largest absolute Gasteiger partial charge is 0.488 e. The van der Waals surface area contributed by atoms with Gasteiger partial charge in [-0.1, -0.05) is 18.2 Å². The molecule has 2 aromatic rings. The Labute approximate surface area is 153 Å². The molecule has 3 atom stereocenters. The number of carbonyl (C=O) groups is 1. The number of likely N-dealkylation sites (N-methyl/N-ethyl adjacent to an activating group) is 1. The van der Waals surface area contributed by atoms with Gasteiger partial charge in [-0.15, -0.1) is 0 Å². The summed E-state index contributed by atoms with van der Waals surface area (Å²) in [7, 11) is 3.56. The van der Waals surface area contributed by atoms with Gasteiger partial charge in [0.15, 0.2) is 0 Å². The van der Waals surface area contributed by atoms with Crippen LogP contribution in [-0.2, 0) is 11.8 Å². The van der Waals surface area contributed by atoms with Crippen molar-refractivity contribution in [1.29, 1.82) is 0 Å². The third kappa shape index (κ3) is 4.32. The van der Waals surface area contributed by atoms with E-state index in [1.165, 1.54) is 6.08 Å². The van der Waals surface area contributed by atoms with Crippen LogP contribution in [0.1, 0.15) is 24.8 Å². The van der Waals surface area contributed by atoms with Crippen LogP contribution in [0.2, 0.25) is 0 Å². The second-order valence-electron chi connectivity index (χ2n) is 6.69. The van der Waals surface area contributed by atoms with E-state index in [1.807, 2.05) is 43.6 Å². The van der Waals surface area contributed by atoms with Crippen LogP contribution in [0.5, 0.6) is 5.75 Å². The topological polar surface area (TPSA) is 67.6 Å². The first-order chi connectivity index (χ1) is 12.5. The van der Waals surface area contributed by atoms with Crippen molar-refractivity contribution in [2.24, 2.45) is 7.05 Å². The van der Waals surface area contributed by atoms with E-state index in [0.717, 1.165) is 30.6 Å². The van der Waals surface area contributed by atoms with E-state index in [4.69, 9.17) is 4.74 Å². The van der Waals surface area contributed by atoms with Crippen LogP contribution >= 0.6 is 0 Å². The summed E-state index contributed by atoms with van der Waals surface area (Å²) in [5.41, 5.74) is 0.865. The normalized spacial score (nSPS) is 23.1.